The molecule has 4 aromatic rings. The van der Waals surface area contributed by atoms with Gasteiger partial charge in [0.1, 0.15) is 5.82 Å². The molecule has 158 valence electrons. The van der Waals surface area contributed by atoms with E-state index in [1.807, 2.05) is 41.4 Å². The lowest BCUT2D eigenvalue weighted by atomic mass is 9.90. The number of halogens is 1. The quantitative estimate of drug-likeness (QED) is 0.185. The zero-order valence-corrected chi connectivity index (χ0v) is 17.0. The molecule has 1 aliphatic heterocycles. The highest BCUT2D eigenvalue weighted by atomic mass is 19.1. The van der Waals surface area contributed by atoms with Crippen molar-refractivity contribution in [2.24, 2.45) is 10.9 Å². The summed E-state index contributed by atoms with van der Waals surface area (Å²) in [7, 11) is 0. The van der Waals surface area contributed by atoms with E-state index in [1.54, 1.807) is 24.5 Å². The summed E-state index contributed by atoms with van der Waals surface area (Å²) in [6, 6.07) is 22.1. The van der Waals surface area contributed by atoms with Crippen LogP contribution >= 0.6 is 0 Å². The summed E-state index contributed by atoms with van der Waals surface area (Å²) in [5, 5.41) is 14.0. The second-order valence-corrected chi connectivity index (χ2v) is 7.49. The molecule has 32 heavy (non-hydrogen) atoms. The molecule has 0 amide bonds. The van der Waals surface area contributed by atoms with E-state index in [0.29, 0.717) is 12.1 Å². The number of benzene rings is 3. The van der Waals surface area contributed by atoms with Gasteiger partial charge in [-0.2, -0.15) is 0 Å². The largest absolute Gasteiger partial charge is 0.409 e. The maximum atomic E-state index is 13.6. The van der Waals surface area contributed by atoms with Crippen LogP contribution in [0.4, 0.5) is 15.8 Å². The Morgan fingerprint density at radius 3 is 2.34 bits per heavy atom. The standard InChI is InChI=1S/C25H20FN5O/c26-19-5-1-17(2-6-19)24-21(16-11-13-28-14-12-16)9-10-23-22(24)15-31(29-23)20-7-3-18(4-8-20)25(27)30-32/h1-14,29,32H,15H2,(H2,27,30). The number of amidine groups is 1. The molecule has 0 unspecified atom stereocenters. The van der Waals surface area contributed by atoms with Gasteiger partial charge in [0.25, 0.3) is 0 Å². The van der Waals surface area contributed by atoms with Crippen molar-refractivity contribution < 1.29 is 9.60 Å². The molecular formula is C25H20FN5O. The predicted octanol–water partition coefficient (Wildman–Crippen LogP) is 5.00. The lowest BCUT2D eigenvalue weighted by Gasteiger charge is -2.19. The Labute approximate surface area is 184 Å². The van der Waals surface area contributed by atoms with Gasteiger partial charge in [0.05, 0.1) is 17.9 Å². The van der Waals surface area contributed by atoms with Crippen LogP contribution < -0.4 is 16.2 Å². The number of rotatable bonds is 4. The van der Waals surface area contributed by atoms with Gasteiger partial charge in [-0.15, -0.1) is 0 Å². The first-order valence-electron chi connectivity index (χ1n) is 10.1. The number of hydrogen-bond acceptors (Lipinski definition) is 5. The SMILES string of the molecule is NC(=NO)c1ccc(N2Cc3c(ccc(-c4ccncc4)c3-c3ccc(F)cc3)N2)cc1. The Morgan fingerprint density at radius 1 is 0.938 bits per heavy atom. The minimum Gasteiger partial charge on any atom is -0.409 e. The van der Waals surface area contributed by atoms with Crippen LogP contribution in [0.1, 0.15) is 11.1 Å². The van der Waals surface area contributed by atoms with Crippen LogP contribution in [-0.2, 0) is 6.54 Å². The molecule has 4 N–H and O–H groups in total. The van der Waals surface area contributed by atoms with Crippen LogP contribution in [-0.4, -0.2) is 16.0 Å². The fraction of sp³-hybridized carbons (Fsp3) is 0.0400. The van der Waals surface area contributed by atoms with E-state index < -0.39 is 0 Å². The fourth-order valence-electron chi connectivity index (χ4n) is 4.00. The molecule has 3 aromatic carbocycles. The number of oxime groups is 1. The van der Waals surface area contributed by atoms with Gasteiger partial charge in [0.15, 0.2) is 5.84 Å². The predicted molar refractivity (Wildman–Crippen MR) is 124 cm³/mol. The van der Waals surface area contributed by atoms with Crippen molar-refractivity contribution in [1.82, 2.24) is 4.98 Å². The summed E-state index contributed by atoms with van der Waals surface area (Å²) >= 11 is 0. The Bertz CT molecular complexity index is 1290. The van der Waals surface area contributed by atoms with E-state index in [1.165, 1.54) is 12.1 Å². The maximum Gasteiger partial charge on any atom is 0.170 e. The van der Waals surface area contributed by atoms with E-state index in [9.17, 15) is 4.39 Å². The molecule has 2 heterocycles. The minimum absolute atomic E-state index is 0.0646. The van der Waals surface area contributed by atoms with Gasteiger partial charge < -0.3 is 10.9 Å². The number of anilines is 2. The Kier molecular flexibility index (Phi) is 4.91. The molecule has 0 atom stereocenters. The molecule has 0 radical (unpaired) electrons. The van der Waals surface area contributed by atoms with Crippen LogP contribution in [0.15, 0.2) is 90.3 Å². The minimum atomic E-state index is -0.266. The molecule has 0 bridgehead atoms. The number of hydrazine groups is 1. The second kappa shape index (κ2) is 8.03. The maximum absolute atomic E-state index is 13.6. The van der Waals surface area contributed by atoms with Crippen molar-refractivity contribution in [3.05, 3.63) is 102 Å². The van der Waals surface area contributed by atoms with Gasteiger partial charge in [-0.05, 0) is 76.9 Å². The van der Waals surface area contributed by atoms with Crippen LogP contribution in [0, 0.1) is 5.82 Å². The zero-order valence-electron chi connectivity index (χ0n) is 17.0. The molecule has 1 aliphatic rings. The third kappa shape index (κ3) is 3.50. The van der Waals surface area contributed by atoms with E-state index in [-0.39, 0.29) is 11.7 Å². The lowest BCUT2D eigenvalue weighted by Crippen LogP contribution is -2.22. The number of nitrogens with zero attached hydrogens (tertiary/aromatic N) is 3. The molecule has 7 heteroatoms. The van der Waals surface area contributed by atoms with Gasteiger partial charge in [0.2, 0.25) is 0 Å². The van der Waals surface area contributed by atoms with Crippen molar-refractivity contribution >= 4 is 17.2 Å². The van der Waals surface area contributed by atoms with Crippen molar-refractivity contribution in [3.63, 3.8) is 0 Å². The number of nitrogens with one attached hydrogen (secondary N) is 1. The van der Waals surface area contributed by atoms with Crippen LogP contribution in [0.25, 0.3) is 22.3 Å². The van der Waals surface area contributed by atoms with Crippen molar-refractivity contribution in [2.75, 3.05) is 10.4 Å². The van der Waals surface area contributed by atoms with Gasteiger partial charge in [0, 0.05) is 23.5 Å². The summed E-state index contributed by atoms with van der Waals surface area (Å²) in [6.45, 7) is 0.615. The monoisotopic (exact) mass is 425 g/mol. The highest BCUT2D eigenvalue weighted by molar-refractivity contribution is 5.97. The summed E-state index contributed by atoms with van der Waals surface area (Å²) in [4.78, 5) is 4.13. The van der Waals surface area contributed by atoms with Crippen molar-refractivity contribution in [1.29, 1.82) is 0 Å². The molecule has 0 aliphatic carbocycles. The molecule has 0 fully saturated rings. The number of hydrogen-bond donors (Lipinski definition) is 3. The first-order chi connectivity index (χ1) is 15.6. The van der Waals surface area contributed by atoms with E-state index >= 15 is 0 Å². The van der Waals surface area contributed by atoms with Gasteiger partial charge >= 0.3 is 0 Å². The highest BCUT2D eigenvalue weighted by Crippen LogP contribution is 2.42. The first-order valence-corrected chi connectivity index (χ1v) is 10.1. The molecule has 5 rings (SSSR count). The second-order valence-electron chi connectivity index (χ2n) is 7.49. The number of aromatic nitrogens is 1. The Morgan fingerprint density at radius 2 is 1.66 bits per heavy atom. The Balaban J connectivity index is 1.58. The fourth-order valence-corrected chi connectivity index (χ4v) is 4.00. The third-order valence-corrected chi connectivity index (χ3v) is 5.59. The molecular weight excluding hydrogens is 405 g/mol. The van der Waals surface area contributed by atoms with Crippen LogP contribution in [0.3, 0.4) is 0 Å². The smallest absolute Gasteiger partial charge is 0.170 e. The lowest BCUT2D eigenvalue weighted by molar-refractivity contribution is 0.318. The topological polar surface area (TPSA) is 86.8 Å². The van der Waals surface area contributed by atoms with Crippen molar-refractivity contribution in [3.8, 4) is 22.3 Å². The van der Waals surface area contributed by atoms with Crippen LogP contribution in [0.5, 0.6) is 0 Å². The molecule has 6 nitrogen and oxygen atoms in total. The highest BCUT2D eigenvalue weighted by Gasteiger charge is 2.25. The summed E-state index contributed by atoms with van der Waals surface area (Å²) in [6.07, 6.45) is 3.54. The summed E-state index contributed by atoms with van der Waals surface area (Å²) < 4.78 is 13.6. The summed E-state index contributed by atoms with van der Waals surface area (Å²) in [5.74, 6) is -0.202. The van der Waals surface area contributed by atoms with E-state index in [4.69, 9.17) is 10.9 Å². The number of pyridine rings is 1. The van der Waals surface area contributed by atoms with Gasteiger partial charge in [-0.25, -0.2) is 4.39 Å². The summed E-state index contributed by atoms with van der Waals surface area (Å²) in [5.41, 5.74) is 16.9. The molecule has 0 saturated carbocycles. The van der Waals surface area contributed by atoms with Crippen LogP contribution in [0.2, 0.25) is 0 Å². The zero-order chi connectivity index (χ0) is 22.1. The van der Waals surface area contributed by atoms with Gasteiger partial charge in [-0.3, -0.25) is 15.4 Å². The number of nitrogens with two attached hydrogens (primary N) is 1. The van der Waals surface area contributed by atoms with Gasteiger partial charge in [-0.1, -0.05) is 23.4 Å². The Hall–Kier alpha value is -4.39. The molecule has 0 spiro atoms. The average Bonchev–Trinajstić information content (AvgIpc) is 3.29. The van der Waals surface area contributed by atoms with E-state index in [0.717, 1.165) is 39.2 Å². The molecule has 1 aromatic heterocycles. The average molecular weight is 425 g/mol. The normalized spacial score (nSPS) is 13.0. The van der Waals surface area contributed by atoms with Crippen molar-refractivity contribution in [2.45, 2.75) is 6.54 Å². The first kappa shape index (κ1) is 19.6. The molecule has 0 saturated heterocycles. The number of fused-ring (bicyclic) bond motifs is 1. The third-order valence-electron chi connectivity index (χ3n) is 5.59. The van der Waals surface area contributed by atoms with E-state index in [2.05, 4.69) is 27.7 Å².